The van der Waals surface area contributed by atoms with Gasteiger partial charge in [-0.05, 0) is 0 Å². The zero-order valence-electron chi connectivity index (χ0n) is 2.34. The van der Waals surface area contributed by atoms with Crippen LogP contribution in [-0.4, -0.2) is 0 Å². The van der Waals surface area contributed by atoms with Crippen LogP contribution in [0, 0.1) is 0 Å². The Labute approximate surface area is 102 Å². The van der Waals surface area contributed by atoms with E-state index in [2.05, 4.69) is 0 Å². The normalized spacial score (nSPS) is 0. The van der Waals surface area contributed by atoms with Crippen LogP contribution >= 0.6 is 0 Å². The van der Waals surface area contributed by atoms with Crippen LogP contribution in [0.15, 0.2) is 0 Å². The van der Waals surface area contributed by atoms with Gasteiger partial charge >= 0.3 is 18.6 Å². The molecular formula is Br5V-3. The van der Waals surface area contributed by atoms with Crippen molar-refractivity contribution in [1.29, 1.82) is 0 Å². The molecular weight excluding hydrogens is 450 g/mol. The summed E-state index contributed by atoms with van der Waals surface area (Å²) in [5.74, 6) is 0. The molecule has 0 aliphatic carbocycles. The number of hydrogen-bond acceptors (Lipinski definition) is 0. The first-order valence-corrected chi connectivity index (χ1v) is 0. The van der Waals surface area contributed by atoms with Gasteiger partial charge in [-0.15, -0.1) is 0 Å². The summed E-state index contributed by atoms with van der Waals surface area (Å²) < 4.78 is 0. The predicted octanol–water partition coefficient (Wildman–Crippen LogP) is -15.0. The minimum absolute atomic E-state index is 0. The van der Waals surface area contributed by atoms with Crippen LogP contribution < -0.4 is 84.9 Å². The van der Waals surface area contributed by atoms with E-state index < -0.39 is 0 Å². The minimum atomic E-state index is 0. The second kappa shape index (κ2) is 43.7. The van der Waals surface area contributed by atoms with Gasteiger partial charge in [-0.25, -0.2) is 0 Å². The molecule has 0 atom stereocenters. The first-order chi connectivity index (χ1) is 0. The Bertz CT molecular complexity index is 3.90. The van der Waals surface area contributed by atoms with Gasteiger partial charge in [0.15, 0.2) is 0 Å². The molecule has 0 rings (SSSR count). The van der Waals surface area contributed by atoms with Gasteiger partial charge in [-0.3, -0.25) is 0 Å². The van der Waals surface area contributed by atoms with Gasteiger partial charge in [0.25, 0.3) is 0 Å². The monoisotopic (exact) mass is 446 g/mol. The molecule has 6 heteroatoms. The van der Waals surface area contributed by atoms with Crippen LogP contribution in [0.25, 0.3) is 0 Å². The Morgan fingerprint density at radius 2 is 0.333 bits per heavy atom. The SMILES string of the molecule is [Br-].[Br-].[Br-].[Br-].[Br-].[V+2]. The molecule has 0 unspecified atom stereocenters. The standard InChI is InChI=1S/5BrH.V/h5*1H;/q;;;;;+2/p-5. The first-order valence-electron chi connectivity index (χ1n) is 0. The van der Waals surface area contributed by atoms with Crippen molar-refractivity contribution in [1.82, 2.24) is 0 Å². The van der Waals surface area contributed by atoms with E-state index in [4.69, 9.17) is 0 Å². The molecule has 43 valence electrons. The Kier molecular flexibility index (Phi) is 469. The van der Waals surface area contributed by atoms with Crippen molar-refractivity contribution in [2.75, 3.05) is 0 Å². The maximum Gasteiger partial charge on any atom is 2.00 e. The molecule has 0 aromatic carbocycles. The molecule has 0 bridgehead atoms. The van der Waals surface area contributed by atoms with Crippen molar-refractivity contribution in [2.24, 2.45) is 0 Å². The third-order valence-electron chi connectivity index (χ3n) is 0. The largest absolute Gasteiger partial charge is 2.00 e. The molecule has 0 N–H and O–H groups in total. The number of halogens is 5. The van der Waals surface area contributed by atoms with Crippen LogP contribution in [0.2, 0.25) is 0 Å². The molecule has 6 heavy (non-hydrogen) atoms. The Balaban J connectivity index is 0. The van der Waals surface area contributed by atoms with Gasteiger partial charge in [0.05, 0.1) is 0 Å². The molecule has 0 saturated heterocycles. The van der Waals surface area contributed by atoms with Gasteiger partial charge in [0, 0.05) is 0 Å². The van der Waals surface area contributed by atoms with E-state index >= 15 is 0 Å². The second-order valence-corrected chi connectivity index (χ2v) is 0. The quantitative estimate of drug-likeness (QED) is 0.344. The van der Waals surface area contributed by atoms with Crippen LogP contribution in [0.1, 0.15) is 0 Å². The predicted molar refractivity (Wildman–Crippen MR) is 0 cm³/mol. The summed E-state index contributed by atoms with van der Waals surface area (Å²) in [7, 11) is 0. The third kappa shape index (κ3) is 28.1. The zero-order valence-corrected chi connectivity index (χ0v) is 11.7. The summed E-state index contributed by atoms with van der Waals surface area (Å²) >= 11 is 0. The van der Waals surface area contributed by atoms with Gasteiger partial charge in [-0.1, -0.05) is 0 Å². The number of rotatable bonds is 0. The van der Waals surface area contributed by atoms with Crippen LogP contribution in [0.3, 0.4) is 0 Å². The van der Waals surface area contributed by atoms with Gasteiger partial charge in [-0.2, -0.15) is 0 Å². The molecule has 0 aromatic rings. The molecule has 0 saturated carbocycles. The average Bonchev–Trinajstić information content (AvgIpc) is 0. The van der Waals surface area contributed by atoms with Gasteiger partial charge in [0.1, 0.15) is 0 Å². The van der Waals surface area contributed by atoms with Crippen molar-refractivity contribution < 1.29 is 103 Å². The fraction of sp³-hybridized carbons (Fsp3) is 0. The summed E-state index contributed by atoms with van der Waals surface area (Å²) in [6.07, 6.45) is 0. The van der Waals surface area contributed by atoms with E-state index in [1.807, 2.05) is 0 Å². The fourth-order valence-electron chi connectivity index (χ4n) is 0. The molecule has 0 nitrogen and oxygen atoms in total. The first kappa shape index (κ1) is 64.3. The molecule has 0 heterocycles. The Morgan fingerprint density at radius 1 is 0.333 bits per heavy atom. The molecule has 0 aliphatic heterocycles. The Hall–Kier alpha value is 2.98. The van der Waals surface area contributed by atoms with E-state index in [-0.39, 0.29) is 103 Å². The molecule has 0 fully saturated rings. The van der Waals surface area contributed by atoms with E-state index in [1.165, 1.54) is 0 Å². The van der Waals surface area contributed by atoms with E-state index in [1.54, 1.807) is 0 Å². The summed E-state index contributed by atoms with van der Waals surface area (Å²) in [4.78, 5) is 0. The third-order valence-corrected chi connectivity index (χ3v) is 0. The molecule has 0 aliphatic rings. The van der Waals surface area contributed by atoms with Crippen molar-refractivity contribution in [3.8, 4) is 0 Å². The fourth-order valence-corrected chi connectivity index (χ4v) is 0. The van der Waals surface area contributed by atoms with Crippen molar-refractivity contribution in [3.05, 3.63) is 0 Å². The van der Waals surface area contributed by atoms with Crippen molar-refractivity contribution in [2.45, 2.75) is 0 Å². The minimum Gasteiger partial charge on any atom is -1.00 e. The van der Waals surface area contributed by atoms with E-state index in [0.29, 0.717) is 0 Å². The second-order valence-electron chi connectivity index (χ2n) is 0. The topological polar surface area (TPSA) is 0 Å². The van der Waals surface area contributed by atoms with Crippen LogP contribution in [-0.2, 0) is 18.6 Å². The van der Waals surface area contributed by atoms with Crippen LogP contribution in [0.4, 0.5) is 0 Å². The average molecular weight is 450 g/mol. The molecule has 0 aromatic heterocycles. The number of hydrogen-bond donors (Lipinski definition) is 0. The van der Waals surface area contributed by atoms with Crippen molar-refractivity contribution in [3.63, 3.8) is 0 Å². The summed E-state index contributed by atoms with van der Waals surface area (Å²) in [5, 5.41) is 0. The molecule has 0 spiro atoms. The summed E-state index contributed by atoms with van der Waals surface area (Å²) in [5.41, 5.74) is 0. The van der Waals surface area contributed by atoms with E-state index in [0.717, 1.165) is 0 Å². The van der Waals surface area contributed by atoms with Crippen molar-refractivity contribution >= 4 is 0 Å². The van der Waals surface area contributed by atoms with Gasteiger partial charge < -0.3 is 84.9 Å². The van der Waals surface area contributed by atoms with E-state index in [9.17, 15) is 0 Å². The summed E-state index contributed by atoms with van der Waals surface area (Å²) in [6.45, 7) is 0. The summed E-state index contributed by atoms with van der Waals surface area (Å²) in [6, 6.07) is 0. The maximum atomic E-state index is 0. The maximum absolute atomic E-state index is 0. The van der Waals surface area contributed by atoms with Crippen LogP contribution in [0.5, 0.6) is 0 Å². The molecule has 1 radical (unpaired) electrons. The zero-order chi connectivity index (χ0) is 0. The van der Waals surface area contributed by atoms with Gasteiger partial charge in [0.2, 0.25) is 0 Å². The smallest absolute Gasteiger partial charge is 1.00 e. The Morgan fingerprint density at radius 3 is 0.333 bits per heavy atom. The molecule has 0 amide bonds.